The van der Waals surface area contributed by atoms with Gasteiger partial charge in [-0.25, -0.2) is 0 Å². The molecule has 0 bridgehead atoms. The Morgan fingerprint density at radius 2 is 1.59 bits per heavy atom. The second-order valence-electron chi connectivity index (χ2n) is 3.57. The molecule has 4 heteroatoms. The summed E-state index contributed by atoms with van der Waals surface area (Å²) in [6.07, 6.45) is 0. The van der Waals surface area contributed by atoms with Gasteiger partial charge in [-0.3, -0.25) is 4.21 Å². The summed E-state index contributed by atoms with van der Waals surface area (Å²) < 4.78 is 13.1. The van der Waals surface area contributed by atoms with Crippen LogP contribution in [-0.4, -0.2) is 4.21 Å². The average Bonchev–Trinajstić information content (AvgIpc) is 2.33. The van der Waals surface area contributed by atoms with Crippen molar-refractivity contribution < 1.29 is 4.21 Å². The average molecular weight is 330 g/mol. The Labute approximate surface area is 116 Å². The van der Waals surface area contributed by atoms with E-state index in [9.17, 15) is 4.21 Å². The molecule has 0 aliphatic carbocycles. The van der Waals surface area contributed by atoms with Crippen molar-refractivity contribution in [3.63, 3.8) is 0 Å². The predicted molar refractivity (Wildman–Crippen MR) is 75.7 cm³/mol. The molecule has 0 N–H and O–H groups in total. The first-order chi connectivity index (χ1) is 8.15. The molecule has 0 saturated carbocycles. The molecule has 0 aromatic heterocycles. The van der Waals surface area contributed by atoms with Crippen LogP contribution in [0.15, 0.2) is 57.9 Å². The molecule has 0 radical (unpaired) electrons. The molecule has 0 aliphatic heterocycles. The monoisotopic (exact) mass is 328 g/mol. The van der Waals surface area contributed by atoms with E-state index >= 15 is 0 Å². The molecular formula is C13H10BrClOS. The van der Waals surface area contributed by atoms with Gasteiger partial charge in [0, 0.05) is 14.4 Å². The summed E-state index contributed by atoms with van der Waals surface area (Å²) in [4.78, 5) is 0.836. The molecule has 1 unspecified atom stereocenters. The number of rotatable bonds is 3. The van der Waals surface area contributed by atoms with Crippen LogP contribution >= 0.6 is 27.5 Å². The molecule has 1 atom stereocenters. The van der Waals surface area contributed by atoms with Crippen LogP contribution in [0.25, 0.3) is 0 Å². The van der Waals surface area contributed by atoms with E-state index in [1.54, 1.807) is 0 Å². The summed E-state index contributed by atoms with van der Waals surface area (Å²) in [6, 6.07) is 15.0. The van der Waals surface area contributed by atoms with Gasteiger partial charge in [0.2, 0.25) is 0 Å². The third-order valence-electron chi connectivity index (χ3n) is 2.29. The highest BCUT2D eigenvalue weighted by Gasteiger charge is 2.04. The van der Waals surface area contributed by atoms with Crippen molar-refractivity contribution in [3.8, 4) is 0 Å². The summed E-state index contributed by atoms with van der Waals surface area (Å²) in [7, 11) is -1.01. The minimum Gasteiger partial charge on any atom is -0.254 e. The minimum atomic E-state index is -1.01. The predicted octanol–water partition coefficient (Wildman–Crippen LogP) is 4.41. The second kappa shape index (κ2) is 5.80. The SMILES string of the molecule is O=S(Cc1ccc(Cl)cc1)c1ccc(Br)cc1. The van der Waals surface area contributed by atoms with Crippen molar-refractivity contribution >= 4 is 38.3 Å². The van der Waals surface area contributed by atoms with Crippen LogP contribution in [0.4, 0.5) is 0 Å². The van der Waals surface area contributed by atoms with Gasteiger partial charge in [0.05, 0.1) is 16.6 Å². The van der Waals surface area contributed by atoms with Crippen LogP contribution < -0.4 is 0 Å². The lowest BCUT2D eigenvalue weighted by molar-refractivity contribution is 0.682. The van der Waals surface area contributed by atoms with Gasteiger partial charge in [-0.05, 0) is 42.0 Å². The third-order valence-corrected chi connectivity index (χ3v) is 4.46. The number of benzene rings is 2. The van der Waals surface area contributed by atoms with Crippen LogP contribution in [0.1, 0.15) is 5.56 Å². The van der Waals surface area contributed by atoms with Crippen LogP contribution in [0.3, 0.4) is 0 Å². The molecule has 88 valence electrons. The van der Waals surface area contributed by atoms with E-state index in [1.807, 2.05) is 48.5 Å². The largest absolute Gasteiger partial charge is 0.254 e. The normalized spacial score (nSPS) is 12.4. The highest BCUT2D eigenvalue weighted by molar-refractivity contribution is 9.10. The van der Waals surface area contributed by atoms with Gasteiger partial charge in [0.15, 0.2) is 0 Å². The standard InChI is InChI=1S/C13H10BrClOS/c14-11-3-7-13(8-4-11)17(16)9-10-1-5-12(15)6-2-10/h1-8H,9H2. The Morgan fingerprint density at radius 3 is 2.18 bits per heavy atom. The minimum absolute atomic E-state index is 0.513. The zero-order valence-corrected chi connectivity index (χ0v) is 12.1. The zero-order chi connectivity index (χ0) is 12.3. The molecular weight excluding hydrogens is 320 g/mol. The number of hydrogen-bond donors (Lipinski definition) is 0. The van der Waals surface area contributed by atoms with E-state index < -0.39 is 10.8 Å². The Balaban J connectivity index is 2.11. The first-order valence-electron chi connectivity index (χ1n) is 5.03. The van der Waals surface area contributed by atoms with Crippen molar-refractivity contribution in [1.29, 1.82) is 0 Å². The maximum Gasteiger partial charge on any atom is 0.0574 e. The van der Waals surface area contributed by atoms with E-state index in [4.69, 9.17) is 11.6 Å². The van der Waals surface area contributed by atoms with E-state index in [-0.39, 0.29) is 0 Å². The lowest BCUT2D eigenvalue weighted by atomic mass is 10.2. The van der Waals surface area contributed by atoms with Crippen molar-refractivity contribution in [2.75, 3.05) is 0 Å². The molecule has 17 heavy (non-hydrogen) atoms. The lowest BCUT2D eigenvalue weighted by Gasteiger charge is -2.03. The van der Waals surface area contributed by atoms with Gasteiger partial charge < -0.3 is 0 Å². The fraction of sp³-hybridized carbons (Fsp3) is 0.0769. The molecule has 0 aliphatic rings. The summed E-state index contributed by atoms with van der Waals surface area (Å²) in [6.45, 7) is 0. The van der Waals surface area contributed by atoms with E-state index in [0.717, 1.165) is 14.9 Å². The molecule has 0 heterocycles. The van der Waals surface area contributed by atoms with Gasteiger partial charge in [-0.2, -0.15) is 0 Å². The van der Waals surface area contributed by atoms with Gasteiger partial charge in [0.25, 0.3) is 0 Å². The van der Waals surface area contributed by atoms with Gasteiger partial charge in [-0.1, -0.05) is 39.7 Å². The van der Waals surface area contributed by atoms with Crippen molar-refractivity contribution in [1.82, 2.24) is 0 Å². The maximum atomic E-state index is 12.1. The zero-order valence-electron chi connectivity index (χ0n) is 8.90. The van der Waals surface area contributed by atoms with Gasteiger partial charge >= 0.3 is 0 Å². The summed E-state index contributed by atoms with van der Waals surface area (Å²) in [5.74, 6) is 0.513. The molecule has 2 aromatic rings. The number of halogens is 2. The third kappa shape index (κ3) is 3.66. The lowest BCUT2D eigenvalue weighted by Crippen LogP contribution is -1.96. The smallest absolute Gasteiger partial charge is 0.0574 e. The summed E-state index contributed by atoms with van der Waals surface area (Å²) in [5, 5.41) is 0.697. The molecule has 2 aromatic carbocycles. The van der Waals surface area contributed by atoms with E-state index in [0.29, 0.717) is 10.8 Å². The van der Waals surface area contributed by atoms with E-state index in [2.05, 4.69) is 15.9 Å². The fourth-order valence-electron chi connectivity index (χ4n) is 1.40. The molecule has 0 fully saturated rings. The van der Waals surface area contributed by atoms with Crippen LogP contribution in [0.2, 0.25) is 5.02 Å². The molecule has 0 saturated heterocycles. The van der Waals surface area contributed by atoms with Gasteiger partial charge in [-0.15, -0.1) is 0 Å². The van der Waals surface area contributed by atoms with Crippen LogP contribution in [0, 0.1) is 0 Å². The first-order valence-corrected chi connectivity index (χ1v) is 7.52. The second-order valence-corrected chi connectivity index (χ2v) is 6.37. The first kappa shape index (κ1) is 12.8. The van der Waals surface area contributed by atoms with Crippen molar-refractivity contribution in [2.24, 2.45) is 0 Å². The van der Waals surface area contributed by atoms with Crippen molar-refractivity contribution in [3.05, 3.63) is 63.6 Å². The van der Waals surface area contributed by atoms with Crippen molar-refractivity contribution in [2.45, 2.75) is 10.6 Å². The maximum absolute atomic E-state index is 12.1. The van der Waals surface area contributed by atoms with Gasteiger partial charge in [0.1, 0.15) is 0 Å². The highest BCUT2D eigenvalue weighted by atomic mass is 79.9. The number of hydrogen-bond acceptors (Lipinski definition) is 1. The Morgan fingerprint density at radius 1 is 1.00 bits per heavy atom. The van der Waals surface area contributed by atoms with Crippen LogP contribution in [0.5, 0.6) is 0 Å². The van der Waals surface area contributed by atoms with Crippen LogP contribution in [-0.2, 0) is 16.6 Å². The Bertz CT molecular complexity index is 522. The van der Waals surface area contributed by atoms with E-state index in [1.165, 1.54) is 0 Å². The summed E-state index contributed by atoms with van der Waals surface area (Å²) in [5.41, 5.74) is 1.02. The topological polar surface area (TPSA) is 17.1 Å². The molecule has 0 amide bonds. The Hall–Kier alpha value is -0.640. The quantitative estimate of drug-likeness (QED) is 0.815. The Kier molecular flexibility index (Phi) is 4.37. The fourth-order valence-corrected chi connectivity index (χ4v) is 2.89. The highest BCUT2D eigenvalue weighted by Crippen LogP contribution is 2.17. The molecule has 1 nitrogen and oxygen atoms in total. The summed E-state index contributed by atoms with van der Waals surface area (Å²) >= 11 is 9.16. The molecule has 2 rings (SSSR count). The molecule has 0 spiro atoms.